The summed E-state index contributed by atoms with van der Waals surface area (Å²) in [5.74, 6) is 0. The van der Waals surface area contributed by atoms with E-state index in [0.29, 0.717) is 12.6 Å². The van der Waals surface area contributed by atoms with Gasteiger partial charge in [-0.3, -0.25) is 4.90 Å². The van der Waals surface area contributed by atoms with Crippen LogP contribution in [0, 0.1) is 5.41 Å². The second-order valence-electron chi connectivity index (χ2n) is 6.51. The van der Waals surface area contributed by atoms with E-state index in [1.165, 1.54) is 58.2 Å². The molecule has 0 bridgehead atoms. The van der Waals surface area contributed by atoms with Gasteiger partial charge >= 0.3 is 0 Å². The van der Waals surface area contributed by atoms with Crippen LogP contribution in [0.2, 0.25) is 0 Å². The molecule has 0 aromatic rings. The van der Waals surface area contributed by atoms with E-state index in [9.17, 15) is 5.11 Å². The fourth-order valence-corrected chi connectivity index (χ4v) is 3.81. The van der Waals surface area contributed by atoms with Gasteiger partial charge in [0.05, 0.1) is 0 Å². The predicted octanol–water partition coefficient (Wildman–Crippen LogP) is 1.96. The quantitative estimate of drug-likeness (QED) is 0.831. The monoisotopic (exact) mass is 254 g/mol. The molecule has 18 heavy (non-hydrogen) atoms. The average molecular weight is 254 g/mol. The van der Waals surface area contributed by atoms with Crippen molar-refractivity contribution in [3.8, 4) is 0 Å². The van der Waals surface area contributed by atoms with Gasteiger partial charge in [-0.1, -0.05) is 19.8 Å². The number of aliphatic hydroxyl groups excluding tert-OH is 1. The molecule has 0 aromatic carbocycles. The van der Waals surface area contributed by atoms with Gasteiger partial charge in [0.15, 0.2) is 0 Å². The lowest BCUT2D eigenvalue weighted by Crippen LogP contribution is -2.46. The van der Waals surface area contributed by atoms with Crippen molar-refractivity contribution in [2.45, 2.75) is 51.5 Å². The van der Waals surface area contributed by atoms with Crippen LogP contribution < -0.4 is 0 Å². The molecule has 3 heteroatoms. The maximum atomic E-state index is 9.79. The van der Waals surface area contributed by atoms with Crippen molar-refractivity contribution in [3.05, 3.63) is 0 Å². The Morgan fingerprint density at radius 1 is 1.17 bits per heavy atom. The maximum absolute atomic E-state index is 9.79. The molecule has 2 rings (SSSR count). The largest absolute Gasteiger partial charge is 0.396 e. The minimum Gasteiger partial charge on any atom is -0.396 e. The lowest BCUT2D eigenvalue weighted by atomic mass is 9.86. The summed E-state index contributed by atoms with van der Waals surface area (Å²) >= 11 is 0. The lowest BCUT2D eigenvalue weighted by molar-refractivity contribution is 0.0571. The zero-order valence-corrected chi connectivity index (χ0v) is 12.2. The molecule has 2 aliphatic rings. The van der Waals surface area contributed by atoms with Crippen LogP contribution in [-0.2, 0) is 0 Å². The molecular formula is C15H30N2O. The molecule has 1 aliphatic carbocycles. The molecule has 1 unspecified atom stereocenters. The smallest absolute Gasteiger partial charge is 0.0499 e. The molecule has 1 N–H and O–H groups in total. The number of rotatable bonds is 4. The number of hydrogen-bond donors (Lipinski definition) is 1. The Kier molecular flexibility index (Phi) is 5.05. The second kappa shape index (κ2) is 6.36. The van der Waals surface area contributed by atoms with Crippen LogP contribution in [0.25, 0.3) is 0 Å². The van der Waals surface area contributed by atoms with Crippen LogP contribution in [0.3, 0.4) is 0 Å². The van der Waals surface area contributed by atoms with Crippen molar-refractivity contribution in [2.24, 2.45) is 5.41 Å². The van der Waals surface area contributed by atoms with E-state index in [0.717, 1.165) is 6.54 Å². The van der Waals surface area contributed by atoms with Crippen molar-refractivity contribution in [3.63, 3.8) is 0 Å². The highest BCUT2D eigenvalue weighted by molar-refractivity contribution is 4.90. The van der Waals surface area contributed by atoms with Crippen LogP contribution in [0.1, 0.15) is 45.4 Å². The topological polar surface area (TPSA) is 26.7 Å². The van der Waals surface area contributed by atoms with Gasteiger partial charge in [-0.2, -0.15) is 0 Å². The molecule has 1 aliphatic heterocycles. The molecule has 1 saturated carbocycles. The van der Waals surface area contributed by atoms with E-state index in [2.05, 4.69) is 23.8 Å². The first-order chi connectivity index (χ1) is 8.69. The Balaban J connectivity index is 2.00. The van der Waals surface area contributed by atoms with Gasteiger partial charge in [-0.15, -0.1) is 0 Å². The van der Waals surface area contributed by atoms with E-state index in [1.54, 1.807) is 0 Å². The molecule has 106 valence electrons. The van der Waals surface area contributed by atoms with Gasteiger partial charge in [0, 0.05) is 31.2 Å². The number of nitrogens with zero attached hydrogens (tertiary/aromatic N) is 2. The Labute approximate surface area is 112 Å². The molecule has 3 nitrogen and oxygen atoms in total. The van der Waals surface area contributed by atoms with Gasteiger partial charge in [0.2, 0.25) is 0 Å². The van der Waals surface area contributed by atoms with Crippen molar-refractivity contribution in [1.82, 2.24) is 9.80 Å². The third-order valence-electron chi connectivity index (χ3n) is 5.03. The van der Waals surface area contributed by atoms with Crippen molar-refractivity contribution in [2.75, 3.05) is 39.8 Å². The molecule has 1 saturated heterocycles. The molecule has 1 atom stereocenters. The molecule has 0 amide bonds. The normalized spacial score (nSPS) is 30.5. The first kappa shape index (κ1) is 14.3. The summed E-state index contributed by atoms with van der Waals surface area (Å²) in [6.45, 7) is 7.43. The van der Waals surface area contributed by atoms with E-state index < -0.39 is 0 Å². The first-order valence-electron chi connectivity index (χ1n) is 7.72. The highest BCUT2D eigenvalue weighted by Gasteiger charge is 2.36. The van der Waals surface area contributed by atoms with Crippen molar-refractivity contribution >= 4 is 0 Å². The van der Waals surface area contributed by atoms with Gasteiger partial charge in [-0.25, -0.2) is 0 Å². The van der Waals surface area contributed by atoms with Gasteiger partial charge in [-0.05, 0) is 45.8 Å². The lowest BCUT2D eigenvalue weighted by Gasteiger charge is -2.38. The number of hydrogen-bond acceptors (Lipinski definition) is 3. The van der Waals surface area contributed by atoms with E-state index in [-0.39, 0.29) is 5.41 Å². The van der Waals surface area contributed by atoms with E-state index in [1.807, 2.05) is 0 Å². The first-order valence-corrected chi connectivity index (χ1v) is 7.72. The molecule has 0 aromatic heterocycles. The Morgan fingerprint density at radius 2 is 1.89 bits per heavy atom. The van der Waals surface area contributed by atoms with E-state index in [4.69, 9.17) is 0 Å². The molecule has 1 heterocycles. The van der Waals surface area contributed by atoms with Gasteiger partial charge in [0.1, 0.15) is 0 Å². The molecule has 0 radical (unpaired) electrons. The average Bonchev–Trinajstić information content (AvgIpc) is 2.76. The zero-order valence-electron chi connectivity index (χ0n) is 12.2. The van der Waals surface area contributed by atoms with Gasteiger partial charge in [0.25, 0.3) is 0 Å². The fourth-order valence-electron chi connectivity index (χ4n) is 3.81. The van der Waals surface area contributed by atoms with Crippen LogP contribution in [0.5, 0.6) is 0 Å². The number of likely N-dealkylation sites (N-methyl/N-ethyl adjacent to an activating group) is 1. The summed E-state index contributed by atoms with van der Waals surface area (Å²) < 4.78 is 0. The van der Waals surface area contributed by atoms with Crippen molar-refractivity contribution < 1.29 is 5.11 Å². The molecule has 2 fully saturated rings. The highest BCUT2D eigenvalue weighted by Crippen LogP contribution is 2.39. The number of aliphatic hydroxyl groups is 1. The van der Waals surface area contributed by atoms with Gasteiger partial charge < -0.3 is 10.0 Å². The summed E-state index contributed by atoms with van der Waals surface area (Å²) in [5.41, 5.74) is 0.219. The Bertz CT molecular complexity index is 251. The van der Waals surface area contributed by atoms with Crippen LogP contribution in [0.4, 0.5) is 0 Å². The zero-order chi connectivity index (χ0) is 13.0. The van der Waals surface area contributed by atoms with E-state index >= 15 is 0 Å². The standard InChI is InChI=1S/C15H30N2O/c1-3-14-11-16(2)9-6-10-17(14)12-15(13-18)7-4-5-8-15/h14,18H,3-13H2,1-2H3. The third kappa shape index (κ3) is 3.25. The second-order valence-corrected chi connectivity index (χ2v) is 6.51. The van der Waals surface area contributed by atoms with Crippen LogP contribution >= 0.6 is 0 Å². The maximum Gasteiger partial charge on any atom is 0.0499 e. The molecule has 0 spiro atoms. The minimum absolute atomic E-state index is 0.219. The Hall–Kier alpha value is -0.120. The highest BCUT2D eigenvalue weighted by atomic mass is 16.3. The van der Waals surface area contributed by atoms with Crippen LogP contribution in [0.15, 0.2) is 0 Å². The molecular weight excluding hydrogens is 224 g/mol. The summed E-state index contributed by atoms with van der Waals surface area (Å²) in [5, 5.41) is 9.79. The third-order valence-corrected chi connectivity index (χ3v) is 5.03. The predicted molar refractivity (Wildman–Crippen MR) is 75.8 cm³/mol. The minimum atomic E-state index is 0.219. The van der Waals surface area contributed by atoms with Crippen molar-refractivity contribution in [1.29, 1.82) is 0 Å². The summed E-state index contributed by atoms with van der Waals surface area (Å²) in [4.78, 5) is 5.14. The summed E-state index contributed by atoms with van der Waals surface area (Å²) in [6, 6.07) is 0.682. The summed E-state index contributed by atoms with van der Waals surface area (Å²) in [7, 11) is 2.24. The van der Waals surface area contributed by atoms with Crippen LogP contribution in [-0.4, -0.2) is 60.8 Å². The SMILES string of the molecule is CCC1CN(C)CCCN1CC1(CO)CCCC1. The fraction of sp³-hybridized carbons (Fsp3) is 1.00. The Morgan fingerprint density at radius 3 is 2.50 bits per heavy atom. The summed E-state index contributed by atoms with van der Waals surface area (Å²) in [6.07, 6.45) is 7.58.